The Bertz CT molecular complexity index is 609. The molecule has 2 aromatic rings. The first-order chi connectivity index (χ1) is 10.1. The number of aromatic nitrogens is 1. The van der Waals surface area contributed by atoms with E-state index in [-0.39, 0.29) is 11.3 Å². The van der Waals surface area contributed by atoms with Crippen molar-refractivity contribution in [2.24, 2.45) is 0 Å². The number of hydrogen-bond donors (Lipinski definition) is 2. The summed E-state index contributed by atoms with van der Waals surface area (Å²) in [5.74, 6) is -2.10. The number of nitrogens with zero attached hydrogens (tertiary/aromatic N) is 1. The fourth-order valence-corrected chi connectivity index (χ4v) is 1.91. The van der Waals surface area contributed by atoms with Crippen LogP contribution in [0.4, 0.5) is 14.5 Å². The average molecular weight is 291 g/mol. The van der Waals surface area contributed by atoms with Crippen LogP contribution < -0.4 is 10.6 Å². The minimum atomic E-state index is -0.795. The molecule has 1 aromatic heterocycles. The molecule has 4 nitrogen and oxygen atoms in total. The van der Waals surface area contributed by atoms with Gasteiger partial charge in [-0.2, -0.15) is 0 Å². The van der Waals surface area contributed by atoms with Crippen LogP contribution in [0.3, 0.4) is 0 Å². The van der Waals surface area contributed by atoms with Crippen LogP contribution in [-0.2, 0) is 6.42 Å². The number of pyridine rings is 1. The van der Waals surface area contributed by atoms with Crippen molar-refractivity contribution in [3.8, 4) is 0 Å². The number of rotatable bonds is 5. The van der Waals surface area contributed by atoms with E-state index in [0.717, 1.165) is 17.7 Å². The highest BCUT2D eigenvalue weighted by molar-refractivity contribution is 5.94. The summed E-state index contributed by atoms with van der Waals surface area (Å²) in [5.41, 5.74) is 0.732. The molecule has 0 bridgehead atoms. The summed E-state index contributed by atoms with van der Waals surface area (Å²) < 4.78 is 27.1. The lowest BCUT2D eigenvalue weighted by atomic mass is 10.1. The zero-order valence-electron chi connectivity index (χ0n) is 11.5. The molecular weight excluding hydrogens is 276 g/mol. The molecule has 0 spiro atoms. The van der Waals surface area contributed by atoms with Gasteiger partial charge in [0.05, 0.1) is 0 Å². The van der Waals surface area contributed by atoms with Gasteiger partial charge in [-0.15, -0.1) is 0 Å². The normalized spacial score (nSPS) is 10.2. The van der Waals surface area contributed by atoms with E-state index in [0.29, 0.717) is 13.0 Å². The molecule has 6 heteroatoms. The number of halogens is 2. The lowest BCUT2D eigenvalue weighted by Gasteiger charge is -2.08. The summed E-state index contributed by atoms with van der Waals surface area (Å²) in [6.45, 7) is 0.375. The van der Waals surface area contributed by atoms with Gasteiger partial charge in [0.25, 0.3) is 5.91 Å². The second kappa shape index (κ2) is 6.78. The van der Waals surface area contributed by atoms with E-state index in [9.17, 15) is 13.6 Å². The molecule has 0 unspecified atom stereocenters. The van der Waals surface area contributed by atoms with Gasteiger partial charge in [-0.1, -0.05) is 0 Å². The minimum Gasteiger partial charge on any atom is -0.383 e. The van der Waals surface area contributed by atoms with Crippen molar-refractivity contribution in [1.29, 1.82) is 0 Å². The summed E-state index contributed by atoms with van der Waals surface area (Å²) in [7, 11) is 1.41. The van der Waals surface area contributed by atoms with Crippen molar-refractivity contribution in [3.05, 3.63) is 59.4 Å². The van der Waals surface area contributed by atoms with Crippen LogP contribution >= 0.6 is 0 Å². The minimum absolute atomic E-state index is 0.0428. The standard InChI is InChI=1S/C15H15F2N3O/c1-18-14-12(16)8-11(9-13(14)17)15(21)20-7-4-10-2-5-19-6-3-10/h2-3,5-6,8-9,18H,4,7H2,1H3,(H,20,21). The summed E-state index contributed by atoms with van der Waals surface area (Å²) in [4.78, 5) is 15.8. The monoisotopic (exact) mass is 291 g/mol. The Balaban J connectivity index is 1.98. The molecule has 0 aliphatic rings. The Labute approximate surface area is 121 Å². The van der Waals surface area contributed by atoms with Gasteiger partial charge in [0.2, 0.25) is 0 Å². The Morgan fingerprint density at radius 1 is 1.19 bits per heavy atom. The van der Waals surface area contributed by atoms with E-state index < -0.39 is 17.5 Å². The molecule has 2 N–H and O–H groups in total. The van der Waals surface area contributed by atoms with Gasteiger partial charge in [0, 0.05) is 31.5 Å². The van der Waals surface area contributed by atoms with Crippen LogP contribution in [-0.4, -0.2) is 24.5 Å². The van der Waals surface area contributed by atoms with E-state index in [1.54, 1.807) is 12.4 Å². The van der Waals surface area contributed by atoms with Crippen molar-refractivity contribution in [3.63, 3.8) is 0 Å². The first-order valence-corrected chi connectivity index (χ1v) is 6.45. The molecular formula is C15H15F2N3O. The van der Waals surface area contributed by atoms with Crippen molar-refractivity contribution in [2.45, 2.75) is 6.42 Å². The molecule has 1 aromatic carbocycles. The molecule has 21 heavy (non-hydrogen) atoms. The number of nitrogens with one attached hydrogen (secondary N) is 2. The highest BCUT2D eigenvalue weighted by atomic mass is 19.1. The Morgan fingerprint density at radius 3 is 2.38 bits per heavy atom. The largest absolute Gasteiger partial charge is 0.383 e. The van der Waals surface area contributed by atoms with Gasteiger partial charge in [-0.05, 0) is 36.2 Å². The number of benzene rings is 1. The molecule has 0 aliphatic heterocycles. The van der Waals surface area contributed by atoms with Gasteiger partial charge in [0.1, 0.15) is 17.3 Å². The third kappa shape index (κ3) is 3.75. The number of hydrogen-bond acceptors (Lipinski definition) is 3. The highest BCUT2D eigenvalue weighted by Gasteiger charge is 2.13. The number of carbonyl (C=O) groups is 1. The molecule has 0 radical (unpaired) electrons. The highest BCUT2D eigenvalue weighted by Crippen LogP contribution is 2.20. The third-order valence-electron chi connectivity index (χ3n) is 3.00. The summed E-state index contributed by atoms with van der Waals surface area (Å²) in [5, 5.41) is 5.03. The number of amides is 1. The quantitative estimate of drug-likeness (QED) is 0.889. The van der Waals surface area contributed by atoms with Crippen molar-refractivity contribution >= 4 is 11.6 Å². The number of carbonyl (C=O) groups excluding carboxylic acids is 1. The van der Waals surface area contributed by atoms with Crippen LogP contribution in [0.1, 0.15) is 15.9 Å². The molecule has 0 aliphatic carbocycles. The topological polar surface area (TPSA) is 54.0 Å². The van der Waals surface area contributed by atoms with Crippen LogP contribution in [0, 0.1) is 11.6 Å². The van der Waals surface area contributed by atoms with E-state index in [2.05, 4.69) is 15.6 Å². The lowest BCUT2D eigenvalue weighted by molar-refractivity contribution is 0.0953. The molecule has 1 amide bonds. The molecule has 0 saturated carbocycles. The summed E-state index contributed by atoms with van der Waals surface area (Å²) >= 11 is 0. The molecule has 110 valence electrons. The zero-order valence-corrected chi connectivity index (χ0v) is 11.5. The van der Waals surface area contributed by atoms with Gasteiger partial charge in [-0.3, -0.25) is 9.78 Å². The second-order valence-corrected chi connectivity index (χ2v) is 4.43. The van der Waals surface area contributed by atoms with Gasteiger partial charge < -0.3 is 10.6 Å². The van der Waals surface area contributed by atoms with Crippen molar-refractivity contribution < 1.29 is 13.6 Å². The fourth-order valence-electron chi connectivity index (χ4n) is 1.91. The second-order valence-electron chi connectivity index (χ2n) is 4.43. The average Bonchev–Trinajstić information content (AvgIpc) is 2.48. The SMILES string of the molecule is CNc1c(F)cc(C(=O)NCCc2ccncc2)cc1F. The molecule has 0 saturated heterocycles. The first kappa shape index (κ1) is 14.9. The maximum atomic E-state index is 13.6. The molecule has 2 rings (SSSR count). The van der Waals surface area contributed by atoms with Gasteiger partial charge in [-0.25, -0.2) is 8.78 Å². The van der Waals surface area contributed by atoms with Crippen LogP contribution in [0.5, 0.6) is 0 Å². The van der Waals surface area contributed by atoms with E-state index in [4.69, 9.17) is 0 Å². The first-order valence-electron chi connectivity index (χ1n) is 6.45. The van der Waals surface area contributed by atoms with E-state index in [1.807, 2.05) is 12.1 Å². The number of anilines is 1. The maximum absolute atomic E-state index is 13.6. The van der Waals surface area contributed by atoms with Crippen molar-refractivity contribution in [1.82, 2.24) is 10.3 Å². The van der Waals surface area contributed by atoms with E-state index >= 15 is 0 Å². The molecule has 0 atom stereocenters. The van der Waals surface area contributed by atoms with Crippen LogP contribution in [0.2, 0.25) is 0 Å². The predicted molar refractivity (Wildman–Crippen MR) is 76.2 cm³/mol. The molecule has 0 fully saturated rings. The Kier molecular flexibility index (Phi) is 4.81. The van der Waals surface area contributed by atoms with Crippen LogP contribution in [0.15, 0.2) is 36.7 Å². The predicted octanol–water partition coefficient (Wildman–Crippen LogP) is 2.37. The summed E-state index contributed by atoms with van der Waals surface area (Å²) in [6, 6.07) is 5.70. The zero-order chi connectivity index (χ0) is 15.2. The fraction of sp³-hybridized carbons (Fsp3) is 0.200. The Morgan fingerprint density at radius 2 is 1.81 bits per heavy atom. The van der Waals surface area contributed by atoms with Gasteiger partial charge in [0.15, 0.2) is 0 Å². The van der Waals surface area contributed by atoms with Gasteiger partial charge >= 0.3 is 0 Å². The van der Waals surface area contributed by atoms with E-state index in [1.165, 1.54) is 7.05 Å². The van der Waals surface area contributed by atoms with Crippen molar-refractivity contribution in [2.75, 3.05) is 18.9 Å². The Hall–Kier alpha value is -2.50. The molecule has 1 heterocycles. The lowest BCUT2D eigenvalue weighted by Crippen LogP contribution is -2.26. The maximum Gasteiger partial charge on any atom is 0.251 e. The smallest absolute Gasteiger partial charge is 0.251 e. The third-order valence-corrected chi connectivity index (χ3v) is 3.00. The summed E-state index contributed by atoms with van der Waals surface area (Å²) in [6.07, 6.45) is 3.95. The van der Waals surface area contributed by atoms with Crippen LogP contribution in [0.25, 0.3) is 0 Å².